The Morgan fingerprint density at radius 3 is 2.29 bits per heavy atom. The Morgan fingerprint density at radius 2 is 1.82 bits per heavy atom. The second-order valence-corrected chi connectivity index (χ2v) is 6.10. The highest BCUT2D eigenvalue weighted by Crippen LogP contribution is 2.33. The highest BCUT2D eigenvalue weighted by molar-refractivity contribution is 5.09. The summed E-state index contributed by atoms with van der Waals surface area (Å²) in [6.07, 6.45) is 11.1. The van der Waals surface area contributed by atoms with E-state index in [1.165, 1.54) is 31.3 Å². The molecule has 0 bridgehead atoms. The van der Waals surface area contributed by atoms with Gasteiger partial charge in [0.1, 0.15) is 0 Å². The number of rotatable bonds is 4. The Kier molecular flexibility index (Phi) is 5.45. The van der Waals surface area contributed by atoms with Crippen LogP contribution in [0.4, 0.5) is 0 Å². The summed E-state index contributed by atoms with van der Waals surface area (Å²) in [6, 6.07) is 0. The molecule has 1 rings (SSSR count). The number of quaternary nitrogens is 1. The zero-order valence-corrected chi connectivity index (χ0v) is 12.1. The second kappa shape index (κ2) is 6.39. The van der Waals surface area contributed by atoms with Crippen molar-refractivity contribution in [3.8, 4) is 0 Å². The van der Waals surface area contributed by atoms with Crippen molar-refractivity contribution in [3.63, 3.8) is 0 Å². The third-order valence-corrected chi connectivity index (χ3v) is 4.23. The Morgan fingerprint density at radius 1 is 1.24 bits per heavy atom. The van der Waals surface area contributed by atoms with Gasteiger partial charge >= 0.3 is 0 Å². The van der Waals surface area contributed by atoms with Gasteiger partial charge < -0.3 is 5.32 Å². The zero-order chi connectivity index (χ0) is 12.9. The number of allylic oxidation sites excluding steroid dienone is 4. The topological polar surface area (TPSA) is 16.6 Å². The molecule has 98 valence electrons. The fraction of sp³-hybridized carbons (Fsp3) is 0.688. The summed E-state index contributed by atoms with van der Waals surface area (Å²) in [5.74, 6) is 0.814. The van der Waals surface area contributed by atoms with E-state index < -0.39 is 0 Å². The first kappa shape index (κ1) is 14.5. The standard InChI is InChI=1S/C16H29N/c1-13(2)7-6-8-14(3)15-9-11-16(4,17-5)12-10-15/h7-8,15H,5-6,9-12,17H2,1-4H3/b14-8+. The molecule has 0 heterocycles. The second-order valence-electron chi connectivity index (χ2n) is 6.10. The molecule has 1 nitrogen and oxygen atoms in total. The van der Waals surface area contributed by atoms with Crippen LogP contribution in [0.25, 0.3) is 0 Å². The fourth-order valence-electron chi connectivity index (χ4n) is 2.58. The third kappa shape index (κ3) is 4.67. The molecule has 2 N–H and O–H groups in total. The van der Waals surface area contributed by atoms with Crippen LogP contribution in [0.5, 0.6) is 0 Å². The number of nitrogens with two attached hydrogens (primary N) is 1. The van der Waals surface area contributed by atoms with Gasteiger partial charge in [0.15, 0.2) is 0 Å². The third-order valence-electron chi connectivity index (χ3n) is 4.23. The minimum Gasteiger partial charge on any atom is -0.474 e. The van der Waals surface area contributed by atoms with Gasteiger partial charge in [-0.3, -0.25) is 0 Å². The van der Waals surface area contributed by atoms with Gasteiger partial charge in [-0.25, -0.2) is 0 Å². The maximum absolute atomic E-state index is 3.97. The molecule has 0 aromatic heterocycles. The molecule has 1 fully saturated rings. The number of hydrogen-bond acceptors (Lipinski definition) is 0. The molecular weight excluding hydrogens is 206 g/mol. The van der Waals surface area contributed by atoms with Crippen LogP contribution in [0.15, 0.2) is 23.3 Å². The highest BCUT2D eigenvalue weighted by Gasteiger charge is 2.31. The maximum atomic E-state index is 3.97. The lowest BCUT2D eigenvalue weighted by Gasteiger charge is -2.37. The van der Waals surface area contributed by atoms with E-state index in [0.29, 0.717) is 5.54 Å². The van der Waals surface area contributed by atoms with Crippen LogP contribution in [0.3, 0.4) is 0 Å². The van der Waals surface area contributed by atoms with Gasteiger partial charge in [0.2, 0.25) is 0 Å². The molecule has 0 amide bonds. The van der Waals surface area contributed by atoms with Crippen LogP contribution in [-0.4, -0.2) is 5.54 Å². The predicted octanol–water partition coefficient (Wildman–Crippen LogP) is 3.59. The lowest BCUT2D eigenvalue weighted by Crippen LogP contribution is -2.91. The Balaban J connectivity index is 2.45. The van der Waals surface area contributed by atoms with Crippen molar-refractivity contribution in [1.82, 2.24) is 0 Å². The molecule has 0 saturated heterocycles. The summed E-state index contributed by atoms with van der Waals surface area (Å²) in [7, 11) is 3.97. The van der Waals surface area contributed by atoms with Crippen LogP contribution >= 0.6 is 0 Å². The van der Waals surface area contributed by atoms with Crippen molar-refractivity contribution in [1.29, 1.82) is 0 Å². The van der Waals surface area contributed by atoms with E-state index in [1.807, 2.05) is 0 Å². The van der Waals surface area contributed by atoms with E-state index in [9.17, 15) is 0 Å². The van der Waals surface area contributed by atoms with E-state index in [2.05, 4.69) is 52.2 Å². The Labute approximate surface area is 107 Å². The molecule has 0 aromatic rings. The largest absolute Gasteiger partial charge is 0.474 e. The van der Waals surface area contributed by atoms with Crippen molar-refractivity contribution >= 4 is 0 Å². The van der Waals surface area contributed by atoms with Gasteiger partial charge in [-0.1, -0.05) is 23.3 Å². The molecular formula is C16H29N. The molecule has 17 heavy (non-hydrogen) atoms. The molecule has 1 heteroatoms. The Bertz CT molecular complexity index is 287. The molecule has 1 aliphatic carbocycles. The molecule has 0 spiro atoms. The van der Waals surface area contributed by atoms with Crippen molar-refractivity contribution in [2.24, 2.45) is 5.92 Å². The average molecular weight is 235 g/mol. The molecule has 0 unspecified atom stereocenters. The van der Waals surface area contributed by atoms with Gasteiger partial charge in [-0.05, 0) is 52.9 Å². The van der Waals surface area contributed by atoms with E-state index in [4.69, 9.17) is 0 Å². The Hall–Kier alpha value is -0.560. The van der Waals surface area contributed by atoms with Gasteiger partial charge in [-0.15, -0.1) is 0 Å². The first-order chi connectivity index (χ1) is 7.97. The lowest BCUT2D eigenvalue weighted by atomic mass is 9.75. The molecule has 1 aliphatic rings. The van der Waals surface area contributed by atoms with Gasteiger partial charge in [0.05, 0.1) is 5.54 Å². The predicted molar refractivity (Wildman–Crippen MR) is 75.5 cm³/mol. The quantitative estimate of drug-likeness (QED) is 0.566. The molecule has 0 radical (unpaired) electrons. The molecule has 0 aromatic carbocycles. The van der Waals surface area contributed by atoms with Crippen LogP contribution in [-0.2, 0) is 0 Å². The zero-order valence-electron chi connectivity index (χ0n) is 12.1. The number of hydrogen-bond donors (Lipinski definition) is 1. The summed E-state index contributed by atoms with van der Waals surface area (Å²) < 4.78 is 0. The molecule has 1 saturated carbocycles. The minimum atomic E-state index is 0.399. The normalized spacial score (nSPS) is 30.2. The summed E-state index contributed by atoms with van der Waals surface area (Å²) in [5.41, 5.74) is 3.40. The summed E-state index contributed by atoms with van der Waals surface area (Å²) in [6.45, 7) is 8.98. The first-order valence-corrected chi connectivity index (χ1v) is 6.90. The maximum Gasteiger partial charge on any atom is 0.0695 e. The van der Waals surface area contributed by atoms with Crippen molar-refractivity contribution in [2.45, 2.75) is 65.3 Å². The van der Waals surface area contributed by atoms with Crippen molar-refractivity contribution in [2.75, 3.05) is 0 Å². The van der Waals surface area contributed by atoms with E-state index >= 15 is 0 Å². The summed E-state index contributed by atoms with van der Waals surface area (Å²) in [5, 5.41) is 2.16. The van der Waals surface area contributed by atoms with Crippen molar-refractivity contribution < 1.29 is 5.32 Å². The molecule has 0 aliphatic heterocycles. The lowest BCUT2D eigenvalue weighted by molar-refractivity contribution is -0.676. The smallest absolute Gasteiger partial charge is 0.0695 e. The van der Waals surface area contributed by atoms with E-state index in [0.717, 1.165) is 12.3 Å². The van der Waals surface area contributed by atoms with E-state index in [-0.39, 0.29) is 0 Å². The fourth-order valence-corrected chi connectivity index (χ4v) is 2.58. The van der Waals surface area contributed by atoms with Crippen LogP contribution in [0, 0.1) is 13.0 Å². The minimum absolute atomic E-state index is 0.399. The van der Waals surface area contributed by atoms with Crippen molar-refractivity contribution in [3.05, 3.63) is 30.3 Å². The monoisotopic (exact) mass is 235 g/mol. The summed E-state index contributed by atoms with van der Waals surface area (Å²) in [4.78, 5) is 0. The van der Waals surface area contributed by atoms with Gasteiger partial charge in [0, 0.05) is 12.8 Å². The van der Waals surface area contributed by atoms with Gasteiger partial charge in [0.25, 0.3) is 0 Å². The van der Waals surface area contributed by atoms with Crippen LogP contribution < -0.4 is 5.32 Å². The SMILES string of the molecule is [CH2-][NH2+]C1(C)CCC(/C(C)=C/CC=C(C)C)CC1. The van der Waals surface area contributed by atoms with Crippen LogP contribution in [0.2, 0.25) is 0 Å². The summed E-state index contributed by atoms with van der Waals surface area (Å²) >= 11 is 0. The molecule has 0 atom stereocenters. The average Bonchev–Trinajstić information content (AvgIpc) is 2.29. The highest BCUT2D eigenvalue weighted by atomic mass is 14.9. The first-order valence-electron chi connectivity index (χ1n) is 6.90. The van der Waals surface area contributed by atoms with Crippen LogP contribution in [0.1, 0.15) is 59.8 Å². The van der Waals surface area contributed by atoms with Gasteiger partial charge in [-0.2, -0.15) is 7.05 Å². The van der Waals surface area contributed by atoms with E-state index in [1.54, 1.807) is 5.57 Å².